The topological polar surface area (TPSA) is 66.3 Å². The van der Waals surface area contributed by atoms with Gasteiger partial charge < -0.3 is 4.98 Å². The van der Waals surface area contributed by atoms with Crippen LogP contribution in [0.2, 0.25) is 0 Å². The number of fused-ring (bicyclic) bond motifs is 1. The van der Waals surface area contributed by atoms with Crippen LogP contribution in [0.3, 0.4) is 0 Å². The van der Waals surface area contributed by atoms with Crippen molar-refractivity contribution in [3.63, 3.8) is 0 Å². The maximum Gasteiger partial charge on any atom is 0.276 e. The van der Waals surface area contributed by atoms with E-state index in [9.17, 15) is 13.6 Å². The highest BCUT2D eigenvalue weighted by molar-refractivity contribution is 5.60. The third kappa shape index (κ3) is 3.74. The average molecular weight is 421 g/mol. The van der Waals surface area contributed by atoms with Gasteiger partial charge in [-0.15, -0.1) is 0 Å². The van der Waals surface area contributed by atoms with E-state index in [4.69, 9.17) is 5.10 Å². The van der Waals surface area contributed by atoms with E-state index in [1.807, 2.05) is 0 Å². The summed E-state index contributed by atoms with van der Waals surface area (Å²) < 4.78 is 28.0. The fraction of sp³-hybridized carbons (Fsp3) is 0.261. The first-order chi connectivity index (χ1) is 15.0. The van der Waals surface area contributed by atoms with Crippen molar-refractivity contribution in [2.75, 3.05) is 13.1 Å². The van der Waals surface area contributed by atoms with Crippen LogP contribution in [-0.4, -0.2) is 37.6 Å². The summed E-state index contributed by atoms with van der Waals surface area (Å²) in [5.74, 6) is 0.838. The van der Waals surface area contributed by atoms with Gasteiger partial charge in [0.15, 0.2) is 11.3 Å². The number of imidazole rings is 1. The van der Waals surface area contributed by atoms with Gasteiger partial charge in [0.25, 0.3) is 5.56 Å². The van der Waals surface area contributed by atoms with E-state index in [0.717, 1.165) is 18.7 Å². The molecular weight excluding hydrogens is 400 g/mol. The molecule has 0 spiro atoms. The number of halogens is 2. The first-order valence-corrected chi connectivity index (χ1v) is 10.2. The Morgan fingerprint density at radius 1 is 1.03 bits per heavy atom. The van der Waals surface area contributed by atoms with Crippen LogP contribution in [0.4, 0.5) is 8.78 Å². The Hall–Kier alpha value is -3.39. The molecule has 0 radical (unpaired) electrons. The minimum Gasteiger partial charge on any atom is -0.307 e. The summed E-state index contributed by atoms with van der Waals surface area (Å²) in [5.41, 5.74) is 1.81. The van der Waals surface area contributed by atoms with Gasteiger partial charge in [-0.2, -0.15) is 5.10 Å². The summed E-state index contributed by atoms with van der Waals surface area (Å²) in [5, 5.41) is 4.71. The van der Waals surface area contributed by atoms with Gasteiger partial charge in [0.1, 0.15) is 17.5 Å². The molecule has 2 aromatic carbocycles. The van der Waals surface area contributed by atoms with Gasteiger partial charge in [0.2, 0.25) is 0 Å². The fourth-order valence-electron chi connectivity index (χ4n) is 4.28. The zero-order valence-electron chi connectivity index (χ0n) is 16.9. The Labute approximate surface area is 177 Å². The lowest BCUT2D eigenvalue weighted by Crippen LogP contribution is -2.23. The SMILES string of the molecule is CC1CN(Cc2ccc(F)cc2)CC1c1nn2c(-c3ccc(F)cc3)ncc2c(=O)[nH]1. The van der Waals surface area contributed by atoms with Gasteiger partial charge in [-0.3, -0.25) is 9.69 Å². The van der Waals surface area contributed by atoms with Crippen LogP contribution in [-0.2, 0) is 6.54 Å². The van der Waals surface area contributed by atoms with Gasteiger partial charge >= 0.3 is 0 Å². The number of likely N-dealkylation sites (tertiary alicyclic amines) is 1. The molecule has 1 aliphatic heterocycles. The largest absolute Gasteiger partial charge is 0.307 e. The van der Waals surface area contributed by atoms with E-state index in [-0.39, 0.29) is 29.0 Å². The Morgan fingerprint density at radius 3 is 2.42 bits per heavy atom. The number of aromatic amines is 1. The maximum absolute atomic E-state index is 13.3. The van der Waals surface area contributed by atoms with Gasteiger partial charge in [0.05, 0.1) is 6.20 Å². The molecule has 2 aromatic heterocycles. The monoisotopic (exact) mass is 421 g/mol. The summed E-state index contributed by atoms with van der Waals surface area (Å²) in [7, 11) is 0. The van der Waals surface area contributed by atoms with Gasteiger partial charge in [-0.25, -0.2) is 18.3 Å². The van der Waals surface area contributed by atoms with Crippen molar-refractivity contribution in [2.45, 2.75) is 19.4 Å². The van der Waals surface area contributed by atoms with Gasteiger partial charge in [-0.1, -0.05) is 19.1 Å². The number of nitrogens with one attached hydrogen (secondary N) is 1. The molecule has 1 fully saturated rings. The van der Waals surface area contributed by atoms with Crippen LogP contribution in [0.1, 0.15) is 24.2 Å². The number of hydrogen-bond acceptors (Lipinski definition) is 4. The van der Waals surface area contributed by atoms with E-state index in [2.05, 4.69) is 21.8 Å². The molecule has 1 saturated heterocycles. The van der Waals surface area contributed by atoms with Crippen LogP contribution >= 0.6 is 0 Å². The predicted molar refractivity (Wildman–Crippen MR) is 113 cm³/mol. The van der Waals surface area contributed by atoms with Crippen LogP contribution in [0.25, 0.3) is 16.9 Å². The van der Waals surface area contributed by atoms with E-state index in [1.54, 1.807) is 24.3 Å². The van der Waals surface area contributed by atoms with Crippen molar-refractivity contribution in [3.8, 4) is 11.4 Å². The number of H-pyrrole nitrogens is 1. The number of aromatic nitrogens is 4. The van der Waals surface area contributed by atoms with E-state index in [0.29, 0.717) is 29.3 Å². The highest BCUT2D eigenvalue weighted by Crippen LogP contribution is 2.31. The number of rotatable bonds is 4. The minimum atomic E-state index is -0.336. The first kappa shape index (κ1) is 19.6. The molecular formula is C23H21F2N5O. The lowest BCUT2D eigenvalue weighted by atomic mass is 9.97. The second kappa shape index (κ2) is 7.70. The van der Waals surface area contributed by atoms with Crippen LogP contribution in [0.5, 0.6) is 0 Å². The molecule has 0 saturated carbocycles. The van der Waals surface area contributed by atoms with E-state index in [1.165, 1.54) is 35.0 Å². The third-order valence-corrected chi connectivity index (χ3v) is 5.88. The van der Waals surface area contributed by atoms with Crippen molar-refractivity contribution in [1.29, 1.82) is 0 Å². The molecule has 2 atom stereocenters. The normalized spacial score (nSPS) is 19.3. The van der Waals surface area contributed by atoms with Crippen molar-refractivity contribution in [1.82, 2.24) is 24.5 Å². The third-order valence-electron chi connectivity index (χ3n) is 5.88. The fourth-order valence-corrected chi connectivity index (χ4v) is 4.28. The minimum absolute atomic E-state index is 0.0426. The van der Waals surface area contributed by atoms with Crippen LogP contribution in [0, 0.1) is 17.6 Å². The number of hydrogen-bond donors (Lipinski definition) is 1. The van der Waals surface area contributed by atoms with Crippen molar-refractivity contribution >= 4 is 5.52 Å². The standard InChI is InChI=1S/C23H21F2N5O/c1-14-11-29(12-15-2-6-17(24)7-3-15)13-19(14)21-27-23(31)20-10-26-22(30(20)28-21)16-4-8-18(25)9-5-16/h2-10,14,19H,11-13H2,1H3,(H,27,28,31). The molecule has 31 heavy (non-hydrogen) atoms. The molecule has 6 nitrogen and oxygen atoms in total. The van der Waals surface area contributed by atoms with Crippen molar-refractivity contribution in [3.05, 3.63) is 88.1 Å². The van der Waals surface area contributed by atoms with Gasteiger partial charge in [-0.05, 0) is 47.9 Å². The molecule has 4 aromatic rings. The Balaban J connectivity index is 1.45. The average Bonchev–Trinajstić information content (AvgIpc) is 3.34. The maximum atomic E-state index is 13.3. The molecule has 0 aliphatic carbocycles. The molecule has 0 amide bonds. The van der Waals surface area contributed by atoms with Crippen LogP contribution < -0.4 is 5.56 Å². The molecule has 1 N–H and O–H groups in total. The second-order valence-corrected chi connectivity index (χ2v) is 8.13. The van der Waals surface area contributed by atoms with Crippen molar-refractivity contribution in [2.24, 2.45) is 5.92 Å². The Bertz CT molecular complexity index is 1280. The summed E-state index contributed by atoms with van der Waals surface area (Å²) >= 11 is 0. The lowest BCUT2D eigenvalue weighted by molar-refractivity contribution is 0.318. The highest BCUT2D eigenvalue weighted by atomic mass is 19.1. The summed E-state index contributed by atoms with van der Waals surface area (Å²) in [6.45, 7) is 4.42. The van der Waals surface area contributed by atoms with E-state index >= 15 is 0 Å². The quantitative estimate of drug-likeness (QED) is 0.547. The molecule has 2 unspecified atom stereocenters. The zero-order valence-corrected chi connectivity index (χ0v) is 16.9. The second-order valence-electron chi connectivity index (χ2n) is 8.13. The number of benzene rings is 2. The predicted octanol–water partition coefficient (Wildman–Crippen LogP) is 3.60. The molecule has 0 bridgehead atoms. The zero-order chi connectivity index (χ0) is 21.5. The first-order valence-electron chi connectivity index (χ1n) is 10.2. The van der Waals surface area contributed by atoms with Gasteiger partial charge in [0, 0.05) is 31.1 Å². The highest BCUT2D eigenvalue weighted by Gasteiger charge is 2.33. The Morgan fingerprint density at radius 2 is 1.71 bits per heavy atom. The summed E-state index contributed by atoms with van der Waals surface area (Å²) in [6.07, 6.45) is 1.48. The summed E-state index contributed by atoms with van der Waals surface area (Å²) in [6, 6.07) is 12.5. The molecule has 5 rings (SSSR count). The molecule has 158 valence electrons. The Kier molecular flexibility index (Phi) is 4.86. The van der Waals surface area contributed by atoms with Crippen LogP contribution in [0.15, 0.2) is 59.5 Å². The smallest absolute Gasteiger partial charge is 0.276 e. The lowest BCUT2D eigenvalue weighted by Gasteiger charge is -2.16. The summed E-state index contributed by atoms with van der Waals surface area (Å²) in [4.78, 5) is 22.2. The van der Waals surface area contributed by atoms with E-state index < -0.39 is 0 Å². The molecule has 3 heterocycles. The number of nitrogens with zero attached hydrogens (tertiary/aromatic N) is 4. The van der Waals surface area contributed by atoms with Crippen molar-refractivity contribution < 1.29 is 8.78 Å². The molecule has 1 aliphatic rings. The molecule has 8 heteroatoms.